The molecule has 0 spiro atoms. The van der Waals surface area contributed by atoms with Crippen LogP contribution in [0.1, 0.15) is 12.8 Å². The normalized spacial score (nSPS) is 42.4. The van der Waals surface area contributed by atoms with Crippen molar-refractivity contribution >= 4 is 18.3 Å². The first-order valence-corrected chi connectivity index (χ1v) is 4.15. The summed E-state index contributed by atoms with van der Waals surface area (Å²) in [6.45, 7) is 0. The third-order valence-corrected chi connectivity index (χ3v) is 2.77. The van der Waals surface area contributed by atoms with Gasteiger partial charge in [-0.1, -0.05) is 0 Å². The van der Waals surface area contributed by atoms with E-state index in [9.17, 15) is 4.79 Å². The van der Waals surface area contributed by atoms with Crippen LogP contribution in [-0.4, -0.2) is 23.3 Å². The average molecular weight is 176 g/mol. The van der Waals surface area contributed by atoms with E-state index in [1.165, 1.54) is 0 Å². The Hall–Kier alpha value is -0.260. The maximum Gasteiger partial charge on any atom is 0.306 e. The Labute approximate surface area is 68.3 Å². The van der Waals surface area contributed by atoms with Crippen molar-refractivity contribution in [1.29, 1.82) is 0 Å². The lowest BCUT2D eigenvalue weighted by Crippen LogP contribution is -2.13. The van der Waals surface area contributed by atoms with Gasteiger partial charge in [0.25, 0.3) is 0 Å². The van der Waals surface area contributed by atoms with E-state index in [1.807, 2.05) is 0 Å². The highest BCUT2D eigenvalue weighted by atomic mass is 32.2. The lowest BCUT2D eigenvalue weighted by molar-refractivity contribution is -0.141. The van der Waals surface area contributed by atoms with E-state index in [2.05, 4.69) is 0 Å². The van der Waals surface area contributed by atoms with Gasteiger partial charge in [-0.05, 0) is 12.8 Å². The number of carbonyl (C=O) groups is 1. The second-order valence-electron chi connectivity index (χ2n) is 2.84. The molecule has 4 nitrogen and oxygen atoms in total. The Morgan fingerprint density at radius 2 is 1.91 bits per heavy atom. The van der Waals surface area contributed by atoms with Gasteiger partial charge >= 0.3 is 5.97 Å². The van der Waals surface area contributed by atoms with E-state index in [1.54, 1.807) is 0 Å². The number of fused-ring (bicyclic) bond motifs is 1. The molecular formula is C6H8O4S. The monoisotopic (exact) mass is 176 g/mol. The molecule has 0 aromatic carbocycles. The highest BCUT2D eigenvalue weighted by molar-refractivity contribution is 7.90. The van der Waals surface area contributed by atoms with E-state index in [-0.39, 0.29) is 18.1 Å². The Kier molecular flexibility index (Phi) is 1.78. The maximum absolute atomic E-state index is 10.5. The molecule has 0 bridgehead atoms. The predicted molar refractivity (Wildman–Crippen MR) is 37.7 cm³/mol. The molecule has 0 radical (unpaired) electrons. The minimum absolute atomic E-state index is 0.00102. The fourth-order valence-electron chi connectivity index (χ4n) is 1.49. The van der Waals surface area contributed by atoms with Gasteiger partial charge in [0.05, 0.1) is 5.92 Å². The molecule has 1 aliphatic carbocycles. The van der Waals surface area contributed by atoms with Crippen molar-refractivity contribution in [2.75, 3.05) is 0 Å². The van der Waals surface area contributed by atoms with Crippen LogP contribution in [0.2, 0.25) is 0 Å². The summed E-state index contributed by atoms with van der Waals surface area (Å²) >= 11 is 0.987. The molecule has 2 unspecified atom stereocenters. The predicted octanol–water partition coefficient (Wildman–Crippen LogP) is 0.828. The SMILES string of the molecule is O=C(O)C1CC2OSO[C@@H]2C1. The number of aliphatic carboxylic acids is 1. The molecule has 62 valence electrons. The van der Waals surface area contributed by atoms with Crippen molar-refractivity contribution in [3.8, 4) is 0 Å². The Morgan fingerprint density at radius 1 is 1.36 bits per heavy atom. The van der Waals surface area contributed by atoms with Gasteiger partial charge < -0.3 is 5.11 Å². The van der Waals surface area contributed by atoms with Gasteiger partial charge in [0.2, 0.25) is 0 Å². The Morgan fingerprint density at radius 3 is 2.36 bits per heavy atom. The van der Waals surface area contributed by atoms with Gasteiger partial charge in [0.1, 0.15) is 12.2 Å². The first-order chi connectivity index (χ1) is 5.27. The van der Waals surface area contributed by atoms with Crippen molar-refractivity contribution in [2.24, 2.45) is 5.92 Å². The summed E-state index contributed by atoms with van der Waals surface area (Å²) < 4.78 is 10.2. The van der Waals surface area contributed by atoms with Crippen LogP contribution < -0.4 is 0 Å². The quantitative estimate of drug-likeness (QED) is 0.599. The first-order valence-electron chi connectivity index (χ1n) is 3.49. The van der Waals surface area contributed by atoms with E-state index in [0.717, 1.165) is 12.3 Å². The van der Waals surface area contributed by atoms with E-state index < -0.39 is 5.97 Å². The Balaban J connectivity index is 1.99. The molecule has 1 saturated carbocycles. The molecule has 2 fully saturated rings. The maximum atomic E-state index is 10.5. The van der Waals surface area contributed by atoms with Crippen LogP contribution in [0.15, 0.2) is 0 Å². The zero-order chi connectivity index (χ0) is 7.84. The van der Waals surface area contributed by atoms with Crippen LogP contribution in [0.3, 0.4) is 0 Å². The fraction of sp³-hybridized carbons (Fsp3) is 0.833. The van der Waals surface area contributed by atoms with Crippen molar-refractivity contribution in [3.05, 3.63) is 0 Å². The van der Waals surface area contributed by atoms with Gasteiger partial charge in [-0.15, -0.1) is 0 Å². The molecule has 1 aliphatic heterocycles. The second kappa shape index (κ2) is 2.66. The van der Waals surface area contributed by atoms with Crippen molar-refractivity contribution in [1.82, 2.24) is 0 Å². The molecule has 1 heterocycles. The van der Waals surface area contributed by atoms with Crippen molar-refractivity contribution in [2.45, 2.75) is 25.0 Å². The molecule has 2 rings (SSSR count). The van der Waals surface area contributed by atoms with Crippen LogP contribution in [0.25, 0.3) is 0 Å². The summed E-state index contributed by atoms with van der Waals surface area (Å²) in [6.07, 6.45) is 1.18. The summed E-state index contributed by atoms with van der Waals surface area (Å²) in [6, 6.07) is 0. The van der Waals surface area contributed by atoms with Crippen LogP contribution in [0, 0.1) is 5.92 Å². The van der Waals surface area contributed by atoms with Crippen LogP contribution in [0.5, 0.6) is 0 Å². The van der Waals surface area contributed by atoms with Gasteiger partial charge in [-0.2, -0.15) is 0 Å². The number of hydrogen-bond donors (Lipinski definition) is 1. The van der Waals surface area contributed by atoms with Crippen LogP contribution >= 0.6 is 12.3 Å². The molecule has 0 aromatic rings. The number of carboxylic acid groups (broad SMARTS) is 1. The first kappa shape index (κ1) is 7.39. The molecule has 5 heteroatoms. The molecule has 2 aliphatic rings. The largest absolute Gasteiger partial charge is 0.481 e. The lowest BCUT2D eigenvalue weighted by Gasteiger charge is -2.01. The minimum atomic E-state index is -0.739. The standard InChI is InChI=1S/C6H8O4S/c7-6(8)3-1-4-5(2-3)10-11-9-4/h3-5H,1-2H2,(H,7,8)/t3?,4-,5?/m1/s1. The fourth-order valence-corrected chi connectivity index (χ4v) is 2.14. The average Bonchev–Trinajstić information content (AvgIpc) is 2.40. The summed E-state index contributed by atoms with van der Waals surface area (Å²) in [5.74, 6) is -1.01. The van der Waals surface area contributed by atoms with Gasteiger partial charge in [-0.25, -0.2) is 0 Å². The molecule has 1 saturated heterocycles. The number of carboxylic acids is 1. The number of rotatable bonds is 1. The third-order valence-electron chi connectivity index (χ3n) is 2.12. The molecule has 0 amide bonds. The van der Waals surface area contributed by atoms with Crippen LogP contribution in [0.4, 0.5) is 0 Å². The van der Waals surface area contributed by atoms with E-state index in [4.69, 9.17) is 13.5 Å². The van der Waals surface area contributed by atoms with Gasteiger partial charge in [-0.3, -0.25) is 13.2 Å². The Bertz CT molecular complexity index is 171. The number of hydrogen-bond acceptors (Lipinski definition) is 4. The minimum Gasteiger partial charge on any atom is -0.481 e. The smallest absolute Gasteiger partial charge is 0.306 e. The third kappa shape index (κ3) is 1.23. The lowest BCUT2D eigenvalue weighted by atomic mass is 10.1. The van der Waals surface area contributed by atoms with Gasteiger partial charge in [0.15, 0.2) is 12.3 Å². The topological polar surface area (TPSA) is 55.8 Å². The highest BCUT2D eigenvalue weighted by Gasteiger charge is 2.43. The molecule has 0 aromatic heterocycles. The van der Waals surface area contributed by atoms with Crippen LogP contribution in [-0.2, 0) is 13.2 Å². The van der Waals surface area contributed by atoms with E-state index in [0.29, 0.717) is 12.8 Å². The van der Waals surface area contributed by atoms with Crippen molar-refractivity contribution < 1.29 is 18.3 Å². The summed E-state index contributed by atoms with van der Waals surface area (Å²) in [4.78, 5) is 10.5. The zero-order valence-electron chi connectivity index (χ0n) is 5.73. The summed E-state index contributed by atoms with van der Waals surface area (Å²) in [5.41, 5.74) is 0. The van der Waals surface area contributed by atoms with E-state index >= 15 is 0 Å². The van der Waals surface area contributed by atoms with Crippen molar-refractivity contribution in [3.63, 3.8) is 0 Å². The van der Waals surface area contributed by atoms with Gasteiger partial charge in [0, 0.05) is 0 Å². The molecule has 1 N–H and O–H groups in total. The summed E-state index contributed by atoms with van der Waals surface area (Å²) in [7, 11) is 0. The zero-order valence-corrected chi connectivity index (χ0v) is 6.54. The summed E-state index contributed by atoms with van der Waals surface area (Å²) in [5, 5.41) is 8.65. The molecular weight excluding hydrogens is 168 g/mol. The molecule has 11 heavy (non-hydrogen) atoms. The second-order valence-corrected chi connectivity index (χ2v) is 3.36. The molecule has 3 atom stereocenters. The highest BCUT2D eigenvalue weighted by Crippen LogP contribution is 2.40.